The minimum absolute atomic E-state index is 0.176. The van der Waals surface area contributed by atoms with Gasteiger partial charge in [0.15, 0.2) is 6.10 Å². The first-order valence-electron chi connectivity index (χ1n) is 6.32. The second kappa shape index (κ2) is 4.83. The lowest BCUT2D eigenvalue weighted by Gasteiger charge is -2.11. The van der Waals surface area contributed by atoms with E-state index >= 15 is 0 Å². The molecule has 1 unspecified atom stereocenters. The Morgan fingerprint density at radius 2 is 2.30 bits per heavy atom. The first-order chi connectivity index (χ1) is 9.54. The third kappa shape index (κ3) is 2.25. The molecule has 0 radical (unpaired) electrons. The van der Waals surface area contributed by atoms with Crippen LogP contribution in [0.5, 0.6) is 5.75 Å². The van der Waals surface area contributed by atoms with E-state index in [2.05, 4.69) is 15.5 Å². The van der Waals surface area contributed by atoms with Crippen LogP contribution < -0.4 is 10.1 Å². The number of nitrogens with one attached hydrogen (secondary N) is 2. The maximum Gasteiger partial charge on any atom is 0.265 e. The minimum Gasteiger partial charge on any atom is -0.480 e. The van der Waals surface area contributed by atoms with Crippen LogP contribution >= 0.6 is 11.6 Å². The van der Waals surface area contributed by atoms with E-state index in [9.17, 15) is 4.79 Å². The van der Waals surface area contributed by atoms with Crippen molar-refractivity contribution in [1.82, 2.24) is 10.2 Å². The van der Waals surface area contributed by atoms with Gasteiger partial charge in [-0.1, -0.05) is 11.6 Å². The van der Waals surface area contributed by atoms with E-state index in [0.717, 1.165) is 22.7 Å². The van der Waals surface area contributed by atoms with Gasteiger partial charge < -0.3 is 10.1 Å². The van der Waals surface area contributed by atoms with Gasteiger partial charge in [0, 0.05) is 11.4 Å². The average molecular weight is 292 g/mol. The summed E-state index contributed by atoms with van der Waals surface area (Å²) in [6, 6.07) is 5.38. The Morgan fingerprint density at radius 1 is 1.50 bits per heavy atom. The van der Waals surface area contributed by atoms with E-state index in [1.807, 2.05) is 19.9 Å². The van der Waals surface area contributed by atoms with Gasteiger partial charge in [-0.25, -0.2) is 0 Å². The van der Waals surface area contributed by atoms with Crippen LogP contribution in [0.1, 0.15) is 17.0 Å². The molecule has 5 nitrogen and oxygen atoms in total. The van der Waals surface area contributed by atoms with E-state index in [0.29, 0.717) is 17.1 Å². The largest absolute Gasteiger partial charge is 0.480 e. The Bertz CT molecular complexity index is 662. The van der Waals surface area contributed by atoms with Crippen molar-refractivity contribution in [2.45, 2.75) is 26.4 Å². The van der Waals surface area contributed by atoms with Gasteiger partial charge in [-0.15, -0.1) is 0 Å². The number of rotatable bonds is 2. The highest BCUT2D eigenvalue weighted by Crippen LogP contribution is 2.31. The predicted molar refractivity (Wildman–Crippen MR) is 76.3 cm³/mol. The number of aromatic amines is 1. The third-order valence-electron chi connectivity index (χ3n) is 3.37. The first-order valence-corrected chi connectivity index (χ1v) is 6.70. The molecule has 1 aromatic heterocycles. The van der Waals surface area contributed by atoms with Gasteiger partial charge in [-0.3, -0.25) is 9.89 Å². The number of benzene rings is 1. The number of H-pyrrole nitrogens is 1. The molecule has 2 N–H and O–H groups in total. The number of hydrogen-bond acceptors (Lipinski definition) is 3. The Hall–Kier alpha value is -2.01. The van der Waals surface area contributed by atoms with Gasteiger partial charge in [0.1, 0.15) is 5.75 Å². The van der Waals surface area contributed by atoms with Gasteiger partial charge in [0.25, 0.3) is 5.91 Å². The fourth-order valence-electron chi connectivity index (χ4n) is 2.30. The molecule has 0 fully saturated rings. The van der Waals surface area contributed by atoms with Crippen LogP contribution in [-0.2, 0) is 11.2 Å². The highest BCUT2D eigenvalue weighted by Gasteiger charge is 2.30. The molecular formula is C14H14ClN3O2. The van der Waals surface area contributed by atoms with Crippen LogP contribution in [0, 0.1) is 13.8 Å². The number of anilines is 1. The zero-order chi connectivity index (χ0) is 14.3. The normalized spacial score (nSPS) is 16.6. The number of hydrogen-bond donors (Lipinski definition) is 2. The number of carbonyl (C=O) groups excluding carboxylic acids is 1. The zero-order valence-corrected chi connectivity index (χ0v) is 11.9. The molecule has 0 bridgehead atoms. The Balaban J connectivity index is 1.75. The smallest absolute Gasteiger partial charge is 0.265 e. The second-order valence-corrected chi connectivity index (χ2v) is 5.30. The lowest BCUT2D eigenvalue weighted by Crippen LogP contribution is -2.31. The van der Waals surface area contributed by atoms with Gasteiger partial charge in [-0.2, -0.15) is 5.10 Å². The van der Waals surface area contributed by atoms with Gasteiger partial charge >= 0.3 is 0 Å². The minimum atomic E-state index is -0.530. The highest BCUT2D eigenvalue weighted by atomic mass is 35.5. The quantitative estimate of drug-likeness (QED) is 0.894. The molecule has 104 valence electrons. The van der Waals surface area contributed by atoms with E-state index < -0.39 is 6.10 Å². The average Bonchev–Trinajstić information content (AvgIpc) is 2.96. The molecular weight excluding hydrogens is 278 g/mol. The van der Waals surface area contributed by atoms with E-state index in [-0.39, 0.29) is 5.91 Å². The second-order valence-electron chi connectivity index (χ2n) is 4.86. The summed E-state index contributed by atoms with van der Waals surface area (Å²) >= 11 is 5.94. The molecule has 0 aliphatic carbocycles. The summed E-state index contributed by atoms with van der Waals surface area (Å²) in [5.41, 5.74) is 3.26. The van der Waals surface area contributed by atoms with Crippen molar-refractivity contribution in [2.75, 3.05) is 5.32 Å². The molecule has 0 saturated carbocycles. The maximum absolute atomic E-state index is 12.3. The molecule has 3 rings (SSSR count). The summed E-state index contributed by atoms with van der Waals surface area (Å²) in [4.78, 5) is 12.3. The van der Waals surface area contributed by atoms with E-state index in [4.69, 9.17) is 16.3 Å². The summed E-state index contributed by atoms with van der Waals surface area (Å²) in [6.07, 6.45) is -0.00493. The summed E-state index contributed by atoms with van der Waals surface area (Å²) in [7, 11) is 0. The van der Waals surface area contributed by atoms with Crippen LogP contribution in [0.3, 0.4) is 0 Å². The van der Waals surface area contributed by atoms with Crippen LogP contribution in [0.4, 0.5) is 5.69 Å². The fraction of sp³-hybridized carbons (Fsp3) is 0.286. The van der Waals surface area contributed by atoms with Crippen LogP contribution in [0.2, 0.25) is 5.02 Å². The number of amides is 1. The summed E-state index contributed by atoms with van der Waals surface area (Å²) in [5.74, 6) is 0.542. The van der Waals surface area contributed by atoms with Crippen molar-refractivity contribution < 1.29 is 9.53 Å². The Labute approximate surface area is 121 Å². The molecule has 2 heterocycles. The molecule has 6 heteroatoms. The van der Waals surface area contributed by atoms with E-state index in [1.54, 1.807) is 12.1 Å². The van der Waals surface area contributed by atoms with Crippen LogP contribution in [0.25, 0.3) is 0 Å². The lowest BCUT2D eigenvalue weighted by molar-refractivity contribution is -0.122. The van der Waals surface area contributed by atoms with Crippen molar-refractivity contribution >= 4 is 23.2 Å². The first kappa shape index (κ1) is 13.0. The van der Waals surface area contributed by atoms with Crippen molar-refractivity contribution in [1.29, 1.82) is 0 Å². The third-order valence-corrected chi connectivity index (χ3v) is 3.60. The standard InChI is InChI=1S/C14H14ClN3O2/c1-7-13(8(2)18-17-7)16-14(19)12-6-9-5-10(15)3-4-11(9)20-12/h3-5,12H,6H2,1-2H3,(H,16,19)(H,17,18). The molecule has 1 aliphatic rings. The van der Waals surface area contributed by atoms with Crippen molar-refractivity contribution in [3.8, 4) is 5.75 Å². The predicted octanol–water partition coefficient (Wildman–Crippen LogP) is 2.62. The number of aryl methyl sites for hydroxylation is 2. The number of halogens is 1. The molecule has 1 atom stereocenters. The molecule has 20 heavy (non-hydrogen) atoms. The van der Waals surface area contributed by atoms with Crippen molar-refractivity contribution in [2.24, 2.45) is 0 Å². The SMILES string of the molecule is Cc1n[nH]c(C)c1NC(=O)C1Cc2cc(Cl)ccc2O1. The van der Waals surface area contributed by atoms with Gasteiger partial charge in [0.2, 0.25) is 0 Å². The monoisotopic (exact) mass is 291 g/mol. The molecule has 2 aromatic rings. The van der Waals surface area contributed by atoms with Gasteiger partial charge in [-0.05, 0) is 37.6 Å². The topological polar surface area (TPSA) is 67.0 Å². The Morgan fingerprint density at radius 3 is 3.00 bits per heavy atom. The number of ether oxygens (including phenoxy) is 1. The van der Waals surface area contributed by atoms with E-state index in [1.165, 1.54) is 0 Å². The number of carbonyl (C=O) groups is 1. The summed E-state index contributed by atoms with van der Waals surface area (Å²) in [5, 5.41) is 10.4. The maximum atomic E-state index is 12.3. The number of fused-ring (bicyclic) bond motifs is 1. The zero-order valence-electron chi connectivity index (χ0n) is 11.2. The number of aromatic nitrogens is 2. The molecule has 1 amide bonds. The van der Waals surface area contributed by atoms with Crippen molar-refractivity contribution in [3.05, 3.63) is 40.2 Å². The van der Waals surface area contributed by atoms with Crippen molar-refractivity contribution in [3.63, 3.8) is 0 Å². The number of nitrogens with zero attached hydrogens (tertiary/aromatic N) is 1. The molecule has 0 spiro atoms. The fourth-order valence-corrected chi connectivity index (χ4v) is 2.50. The highest BCUT2D eigenvalue weighted by molar-refractivity contribution is 6.30. The van der Waals surface area contributed by atoms with Crippen LogP contribution in [0.15, 0.2) is 18.2 Å². The van der Waals surface area contributed by atoms with Crippen LogP contribution in [-0.4, -0.2) is 22.2 Å². The lowest BCUT2D eigenvalue weighted by atomic mass is 10.1. The molecule has 1 aromatic carbocycles. The molecule has 1 aliphatic heterocycles. The molecule has 0 saturated heterocycles. The van der Waals surface area contributed by atoms with Gasteiger partial charge in [0.05, 0.1) is 17.1 Å². The summed E-state index contributed by atoms with van der Waals surface area (Å²) < 4.78 is 5.65. The Kier molecular flexibility index (Phi) is 3.14. The summed E-state index contributed by atoms with van der Waals surface area (Å²) in [6.45, 7) is 3.70.